The number of nitrogens with two attached hydrogens (primary N) is 2. The van der Waals surface area contributed by atoms with Gasteiger partial charge in [0, 0.05) is 6.42 Å². The number of carboxylic acid groups (broad SMARTS) is 2. The Morgan fingerprint density at radius 3 is 1.86 bits per heavy atom. The van der Waals surface area contributed by atoms with E-state index in [9.17, 15) is 29.1 Å². The summed E-state index contributed by atoms with van der Waals surface area (Å²) in [6.45, 7) is 4.22. The lowest BCUT2D eigenvalue weighted by Gasteiger charge is -2.25. The second-order valence-electron chi connectivity index (χ2n) is 8.76. The first kappa shape index (κ1) is 32.6. The van der Waals surface area contributed by atoms with Crippen LogP contribution in [0.5, 0.6) is 0 Å². The molecule has 35 heavy (non-hydrogen) atoms. The SMILES string of the molecule is CSCCC(NC(=O)C(CCC(=O)O)NC(=O)C(CCCCN)NC(=O)C(N)CC(C)C)C(=O)O. The van der Waals surface area contributed by atoms with E-state index in [1.165, 1.54) is 11.8 Å². The zero-order valence-electron chi connectivity index (χ0n) is 20.7. The third-order valence-electron chi connectivity index (χ3n) is 5.15. The third kappa shape index (κ3) is 14.6. The molecule has 0 aliphatic rings. The molecule has 9 N–H and O–H groups in total. The molecule has 0 heterocycles. The van der Waals surface area contributed by atoms with Crippen LogP contribution in [0, 0.1) is 5.92 Å². The van der Waals surface area contributed by atoms with Crippen LogP contribution in [0.4, 0.5) is 0 Å². The molecule has 0 aliphatic carbocycles. The summed E-state index contributed by atoms with van der Waals surface area (Å²) in [5, 5.41) is 25.9. The van der Waals surface area contributed by atoms with Crippen molar-refractivity contribution in [3.8, 4) is 0 Å². The van der Waals surface area contributed by atoms with Gasteiger partial charge in [-0.05, 0) is 63.0 Å². The number of thioether (sulfide) groups is 1. The van der Waals surface area contributed by atoms with Gasteiger partial charge in [0.05, 0.1) is 6.04 Å². The lowest BCUT2D eigenvalue weighted by atomic mass is 10.0. The number of amides is 3. The highest BCUT2D eigenvalue weighted by Crippen LogP contribution is 2.08. The number of unbranched alkanes of at least 4 members (excludes halogenated alkanes) is 1. The molecule has 202 valence electrons. The predicted molar refractivity (Wildman–Crippen MR) is 134 cm³/mol. The molecule has 0 saturated carbocycles. The zero-order valence-corrected chi connectivity index (χ0v) is 21.6. The molecule has 3 amide bonds. The average Bonchev–Trinajstić information content (AvgIpc) is 2.77. The maximum absolute atomic E-state index is 13.0. The van der Waals surface area contributed by atoms with Crippen LogP contribution in [0.15, 0.2) is 0 Å². The van der Waals surface area contributed by atoms with E-state index < -0.39 is 60.2 Å². The van der Waals surface area contributed by atoms with E-state index >= 15 is 0 Å². The number of carboxylic acids is 2. The Kier molecular flexibility index (Phi) is 16.7. The summed E-state index contributed by atoms with van der Waals surface area (Å²) in [7, 11) is 0. The monoisotopic (exact) mass is 519 g/mol. The quantitative estimate of drug-likeness (QED) is 0.110. The Bertz CT molecular complexity index is 708. The molecule has 0 rings (SSSR count). The van der Waals surface area contributed by atoms with E-state index in [2.05, 4.69) is 16.0 Å². The topological polar surface area (TPSA) is 214 Å². The molecule has 0 aromatic heterocycles. The first-order valence-corrected chi connectivity index (χ1v) is 13.1. The molecular weight excluding hydrogens is 478 g/mol. The minimum Gasteiger partial charge on any atom is -0.481 e. The van der Waals surface area contributed by atoms with Gasteiger partial charge in [0.15, 0.2) is 0 Å². The van der Waals surface area contributed by atoms with Crippen molar-refractivity contribution in [3.63, 3.8) is 0 Å². The first-order valence-electron chi connectivity index (χ1n) is 11.7. The van der Waals surface area contributed by atoms with Crippen LogP contribution >= 0.6 is 11.8 Å². The minimum absolute atomic E-state index is 0.160. The van der Waals surface area contributed by atoms with Crippen LogP contribution in [0.1, 0.15) is 58.8 Å². The molecular formula is C22H41N5O7S. The number of carbonyl (C=O) groups is 5. The van der Waals surface area contributed by atoms with Crippen LogP contribution < -0.4 is 27.4 Å². The van der Waals surface area contributed by atoms with Gasteiger partial charge in [0.2, 0.25) is 17.7 Å². The summed E-state index contributed by atoms with van der Waals surface area (Å²) in [4.78, 5) is 60.9. The van der Waals surface area contributed by atoms with Gasteiger partial charge >= 0.3 is 11.9 Å². The van der Waals surface area contributed by atoms with E-state index in [4.69, 9.17) is 16.6 Å². The molecule has 4 unspecified atom stereocenters. The summed E-state index contributed by atoms with van der Waals surface area (Å²) in [6, 6.07) is -4.32. The highest BCUT2D eigenvalue weighted by Gasteiger charge is 2.30. The summed E-state index contributed by atoms with van der Waals surface area (Å²) in [5.74, 6) is -3.78. The molecule has 0 radical (unpaired) electrons. The summed E-state index contributed by atoms with van der Waals surface area (Å²) >= 11 is 1.41. The Balaban J connectivity index is 5.53. The van der Waals surface area contributed by atoms with Crippen molar-refractivity contribution in [1.29, 1.82) is 0 Å². The van der Waals surface area contributed by atoms with Crippen molar-refractivity contribution in [2.45, 2.75) is 83.0 Å². The normalized spacial score (nSPS) is 14.5. The predicted octanol–water partition coefficient (Wildman–Crippen LogP) is -0.354. The standard InChI is InChI=1S/C22H41N5O7S/c1-13(2)12-14(24)19(30)25-15(6-4-5-10-23)20(31)26-16(7-8-18(28)29)21(32)27-17(22(33)34)9-11-35-3/h13-17H,4-12,23-24H2,1-3H3,(H,25,30)(H,26,31)(H,27,32)(H,28,29)(H,33,34). The molecule has 0 aromatic carbocycles. The minimum atomic E-state index is -1.30. The molecule has 0 saturated heterocycles. The lowest BCUT2D eigenvalue weighted by molar-refractivity contribution is -0.143. The van der Waals surface area contributed by atoms with E-state index in [-0.39, 0.29) is 25.2 Å². The summed E-state index contributed by atoms with van der Waals surface area (Å²) in [5.41, 5.74) is 11.4. The van der Waals surface area contributed by atoms with E-state index in [0.29, 0.717) is 31.6 Å². The van der Waals surface area contributed by atoms with Crippen LogP contribution in [-0.2, 0) is 24.0 Å². The van der Waals surface area contributed by atoms with Crippen LogP contribution in [-0.4, -0.2) is 82.6 Å². The smallest absolute Gasteiger partial charge is 0.326 e. The number of aliphatic carboxylic acids is 2. The fourth-order valence-corrected chi connectivity index (χ4v) is 3.70. The van der Waals surface area contributed by atoms with Crippen molar-refractivity contribution in [3.05, 3.63) is 0 Å². The van der Waals surface area contributed by atoms with Gasteiger partial charge in [-0.2, -0.15) is 11.8 Å². The van der Waals surface area contributed by atoms with Crippen LogP contribution in [0.25, 0.3) is 0 Å². The van der Waals surface area contributed by atoms with E-state index in [1.807, 2.05) is 13.8 Å². The Labute approximate surface area is 210 Å². The molecule has 13 heteroatoms. The van der Waals surface area contributed by atoms with Gasteiger partial charge < -0.3 is 37.6 Å². The highest BCUT2D eigenvalue weighted by atomic mass is 32.2. The number of rotatable bonds is 19. The molecule has 0 bridgehead atoms. The van der Waals surface area contributed by atoms with Gasteiger partial charge in [-0.3, -0.25) is 19.2 Å². The largest absolute Gasteiger partial charge is 0.481 e. The van der Waals surface area contributed by atoms with Gasteiger partial charge in [0.1, 0.15) is 18.1 Å². The summed E-state index contributed by atoms with van der Waals surface area (Å²) in [6.07, 6.45) is 3.06. The van der Waals surface area contributed by atoms with Crippen molar-refractivity contribution in [1.82, 2.24) is 16.0 Å². The molecule has 0 fully saturated rings. The van der Waals surface area contributed by atoms with Gasteiger partial charge in [0.25, 0.3) is 0 Å². The number of carbonyl (C=O) groups excluding carboxylic acids is 3. The fraction of sp³-hybridized carbons (Fsp3) is 0.773. The van der Waals surface area contributed by atoms with Crippen molar-refractivity contribution < 1.29 is 34.2 Å². The van der Waals surface area contributed by atoms with Crippen LogP contribution in [0.2, 0.25) is 0 Å². The maximum atomic E-state index is 13.0. The Morgan fingerprint density at radius 2 is 1.37 bits per heavy atom. The second-order valence-corrected chi connectivity index (χ2v) is 9.74. The zero-order chi connectivity index (χ0) is 27.0. The Hall–Kier alpha value is -2.38. The average molecular weight is 520 g/mol. The van der Waals surface area contributed by atoms with Crippen molar-refractivity contribution in [2.75, 3.05) is 18.6 Å². The molecule has 0 aromatic rings. The lowest BCUT2D eigenvalue weighted by Crippen LogP contribution is -2.57. The van der Waals surface area contributed by atoms with Gasteiger partial charge in [-0.25, -0.2) is 4.79 Å². The van der Waals surface area contributed by atoms with Crippen molar-refractivity contribution in [2.24, 2.45) is 17.4 Å². The van der Waals surface area contributed by atoms with E-state index in [0.717, 1.165) is 0 Å². The molecule has 12 nitrogen and oxygen atoms in total. The molecule has 0 aliphatic heterocycles. The number of nitrogens with one attached hydrogen (secondary N) is 3. The highest BCUT2D eigenvalue weighted by molar-refractivity contribution is 7.98. The molecule has 0 spiro atoms. The van der Waals surface area contributed by atoms with E-state index in [1.54, 1.807) is 6.26 Å². The molecule has 4 atom stereocenters. The van der Waals surface area contributed by atoms with Crippen molar-refractivity contribution >= 4 is 41.4 Å². The fourth-order valence-electron chi connectivity index (χ4n) is 3.23. The second kappa shape index (κ2) is 18.0. The van der Waals surface area contributed by atoms with Crippen LogP contribution in [0.3, 0.4) is 0 Å². The number of hydrogen-bond donors (Lipinski definition) is 7. The summed E-state index contributed by atoms with van der Waals surface area (Å²) < 4.78 is 0. The number of hydrogen-bond acceptors (Lipinski definition) is 8. The van der Waals surface area contributed by atoms with Gasteiger partial charge in [-0.15, -0.1) is 0 Å². The third-order valence-corrected chi connectivity index (χ3v) is 5.79. The first-order chi connectivity index (χ1) is 16.4. The Morgan fingerprint density at radius 1 is 0.829 bits per heavy atom. The van der Waals surface area contributed by atoms with Gasteiger partial charge in [-0.1, -0.05) is 13.8 Å². The maximum Gasteiger partial charge on any atom is 0.326 e.